The summed E-state index contributed by atoms with van der Waals surface area (Å²) in [5.74, 6) is -0.137. The molecule has 1 heterocycles. The Kier molecular flexibility index (Phi) is 9.14. The number of hydrogen-bond acceptors (Lipinski definition) is 12. The molecule has 1 aromatic rings. The van der Waals surface area contributed by atoms with Gasteiger partial charge in [-0.15, -0.1) is 0 Å². The smallest absolute Gasteiger partial charge is 0.258 e. The predicted octanol–water partition coefficient (Wildman–Crippen LogP) is -1.01. The Morgan fingerprint density at radius 1 is 0.625 bits per heavy atom. The molecule has 0 unspecified atom stereocenters. The number of rotatable bonds is 12. The molecule has 1 rings (SSSR count). The Labute approximate surface area is 139 Å². The van der Waals surface area contributed by atoms with Gasteiger partial charge in [0.25, 0.3) is 17.8 Å². The zero-order valence-electron chi connectivity index (χ0n) is 14.0. The molecule has 24 heavy (non-hydrogen) atoms. The molecule has 12 heteroatoms. The molecule has 0 aliphatic rings. The van der Waals surface area contributed by atoms with Gasteiger partial charge in [0.1, 0.15) is 20.2 Å². The predicted molar refractivity (Wildman–Crippen MR) is 83.4 cm³/mol. The van der Waals surface area contributed by atoms with E-state index >= 15 is 0 Å². The van der Waals surface area contributed by atoms with Crippen molar-refractivity contribution in [3.63, 3.8) is 0 Å². The first-order chi connectivity index (χ1) is 11.6. The molecule has 0 saturated carbocycles. The average molecular weight is 348 g/mol. The van der Waals surface area contributed by atoms with E-state index in [0.717, 1.165) is 15.2 Å². The quantitative estimate of drug-likeness (QED) is 0.315. The van der Waals surface area contributed by atoms with Crippen molar-refractivity contribution in [1.82, 2.24) is 15.0 Å². The second-order valence-corrected chi connectivity index (χ2v) is 4.05. The Balaban J connectivity index is 3.31. The largest absolute Gasteiger partial charge is 0.374 e. The topological polar surface area (TPSA) is 137 Å². The summed E-state index contributed by atoms with van der Waals surface area (Å²) < 4.78 is 0. The highest BCUT2D eigenvalue weighted by Gasteiger charge is 2.21. The van der Waals surface area contributed by atoms with Crippen molar-refractivity contribution in [2.24, 2.45) is 0 Å². The third kappa shape index (κ3) is 5.36. The van der Waals surface area contributed by atoms with Crippen LogP contribution in [0.5, 0.6) is 0 Å². The highest BCUT2D eigenvalue weighted by molar-refractivity contribution is 5.42. The number of aliphatic hydroxyl groups excluding tert-OH is 3. The van der Waals surface area contributed by atoms with Crippen molar-refractivity contribution in [3.8, 4) is 0 Å². The van der Waals surface area contributed by atoms with Crippen molar-refractivity contribution in [2.75, 3.05) is 55.2 Å². The average Bonchev–Trinajstić information content (AvgIpc) is 2.61. The number of hydrogen-bond donors (Lipinski definition) is 3. The molecule has 3 N–H and O–H groups in total. The molecule has 0 aliphatic carbocycles. The first-order valence-corrected chi connectivity index (χ1v) is 7.44. The Morgan fingerprint density at radius 2 is 0.875 bits per heavy atom. The van der Waals surface area contributed by atoms with Crippen LogP contribution in [-0.4, -0.2) is 70.3 Å². The summed E-state index contributed by atoms with van der Waals surface area (Å²) in [6.07, 6.45) is 0. The van der Waals surface area contributed by atoms with Gasteiger partial charge in [-0.1, -0.05) is 0 Å². The van der Waals surface area contributed by atoms with Gasteiger partial charge >= 0.3 is 0 Å². The van der Waals surface area contributed by atoms with E-state index in [1.165, 1.54) is 0 Å². The van der Waals surface area contributed by atoms with Crippen LogP contribution in [0.1, 0.15) is 20.8 Å². The van der Waals surface area contributed by atoms with Crippen molar-refractivity contribution < 1.29 is 29.8 Å². The molecule has 0 aromatic carbocycles. The van der Waals surface area contributed by atoms with Gasteiger partial charge in [0.2, 0.25) is 0 Å². The van der Waals surface area contributed by atoms with Crippen molar-refractivity contribution in [3.05, 3.63) is 0 Å². The maximum Gasteiger partial charge on any atom is 0.258 e. The van der Waals surface area contributed by atoms with Gasteiger partial charge in [0, 0.05) is 0 Å². The van der Waals surface area contributed by atoms with Crippen molar-refractivity contribution in [1.29, 1.82) is 0 Å². The van der Waals surface area contributed by atoms with Gasteiger partial charge in [0.15, 0.2) is 0 Å². The third-order valence-corrected chi connectivity index (χ3v) is 2.51. The summed E-state index contributed by atoms with van der Waals surface area (Å²) in [7, 11) is 0. The summed E-state index contributed by atoms with van der Waals surface area (Å²) in [5, 5.41) is 31.3. The monoisotopic (exact) mass is 348 g/mol. The maximum atomic E-state index is 9.40. The number of aliphatic hydroxyl groups is 3. The van der Waals surface area contributed by atoms with Crippen LogP contribution in [0.15, 0.2) is 0 Å². The summed E-state index contributed by atoms with van der Waals surface area (Å²) in [4.78, 5) is 27.9. The number of anilines is 3. The van der Waals surface area contributed by atoms with Gasteiger partial charge in [-0.3, -0.25) is 14.5 Å². The summed E-state index contributed by atoms with van der Waals surface area (Å²) in [6.45, 7) is 4.43. The zero-order valence-corrected chi connectivity index (χ0v) is 14.0. The van der Waals surface area contributed by atoms with Crippen molar-refractivity contribution >= 4 is 17.8 Å². The number of aromatic nitrogens is 3. The normalized spacial score (nSPS) is 10.8. The fraction of sp³-hybridized carbons (Fsp3) is 0.750. The third-order valence-electron chi connectivity index (χ3n) is 2.51. The maximum absolute atomic E-state index is 9.40. The minimum absolute atomic E-state index is 0.0457. The first kappa shape index (κ1) is 20.2. The first-order valence-electron chi connectivity index (χ1n) is 7.44. The van der Waals surface area contributed by atoms with E-state index in [1.54, 1.807) is 20.8 Å². The molecule has 138 valence electrons. The van der Waals surface area contributed by atoms with Crippen LogP contribution in [0.25, 0.3) is 0 Å². The van der Waals surface area contributed by atoms with E-state index in [2.05, 4.69) is 15.0 Å². The van der Waals surface area contributed by atoms with E-state index in [-0.39, 0.29) is 37.7 Å². The summed E-state index contributed by atoms with van der Waals surface area (Å²) >= 11 is 0. The van der Waals surface area contributed by atoms with Crippen LogP contribution >= 0.6 is 0 Å². The molecule has 0 radical (unpaired) electrons. The van der Waals surface area contributed by atoms with E-state index < -0.39 is 20.2 Å². The fourth-order valence-electron chi connectivity index (χ4n) is 1.63. The van der Waals surface area contributed by atoms with Gasteiger partial charge < -0.3 is 15.3 Å². The molecule has 0 amide bonds. The zero-order chi connectivity index (χ0) is 17.9. The molecule has 1 aromatic heterocycles. The van der Waals surface area contributed by atoms with Gasteiger partial charge in [-0.05, 0) is 20.8 Å². The fourth-order valence-corrected chi connectivity index (χ4v) is 1.63. The van der Waals surface area contributed by atoms with Crippen molar-refractivity contribution in [2.45, 2.75) is 20.8 Å². The molecular weight excluding hydrogens is 324 g/mol. The number of hydroxylamine groups is 3. The molecule has 0 bridgehead atoms. The Hall–Kier alpha value is -1.83. The van der Waals surface area contributed by atoms with Crippen LogP contribution in [0.3, 0.4) is 0 Å². The molecule has 0 fully saturated rings. The van der Waals surface area contributed by atoms with Crippen LogP contribution in [0.4, 0.5) is 17.8 Å². The molecule has 12 nitrogen and oxygen atoms in total. The lowest BCUT2D eigenvalue weighted by Crippen LogP contribution is -2.33. The molecule has 0 atom stereocenters. The second kappa shape index (κ2) is 10.9. The molecule has 0 aliphatic heterocycles. The standard InChI is InChI=1S/C12H24N6O6/c1-4-22-16(7-19)10-13-11(17(8-20)23-5-2)15-12(14-10)18(9-21)24-6-3/h19-21H,4-9H2,1-3H3. The lowest BCUT2D eigenvalue weighted by Gasteiger charge is -2.24. The van der Waals surface area contributed by atoms with E-state index in [9.17, 15) is 15.3 Å². The second-order valence-electron chi connectivity index (χ2n) is 4.05. The van der Waals surface area contributed by atoms with Gasteiger partial charge in [-0.25, -0.2) is 0 Å². The van der Waals surface area contributed by atoms with Crippen LogP contribution in [0.2, 0.25) is 0 Å². The van der Waals surface area contributed by atoms with Crippen LogP contribution < -0.4 is 15.2 Å². The minimum Gasteiger partial charge on any atom is -0.374 e. The van der Waals surface area contributed by atoms with Crippen LogP contribution in [-0.2, 0) is 14.5 Å². The van der Waals surface area contributed by atoms with E-state index in [1.807, 2.05) is 0 Å². The van der Waals surface area contributed by atoms with Crippen LogP contribution in [0, 0.1) is 0 Å². The highest BCUT2D eigenvalue weighted by atomic mass is 16.7. The van der Waals surface area contributed by atoms with Gasteiger partial charge in [0.05, 0.1) is 19.8 Å². The highest BCUT2D eigenvalue weighted by Crippen LogP contribution is 2.19. The molecule has 0 spiro atoms. The lowest BCUT2D eigenvalue weighted by molar-refractivity contribution is 0.0560. The SMILES string of the molecule is CCON(CO)c1nc(N(CO)OCC)nc(N(CO)OCC)n1. The Morgan fingerprint density at radius 3 is 1.04 bits per heavy atom. The molecular formula is C12H24N6O6. The van der Waals surface area contributed by atoms with E-state index in [4.69, 9.17) is 14.5 Å². The van der Waals surface area contributed by atoms with Gasteiger partial charge in [-0.2, -0.15) is 30.1 Å². The number of nitrogens with zero attached hydrogens (tertiary/aromatic N) is 6. The summed E-state index contributed by atoms with van der Waals surface area (Å²) in [6, 6.07) is 0. The van der Waals surface area contributed by atoms with E-state index in [0.29, 0.717) is 0 Å². The minimum atomic E-state index is -0.516. The Bertz CT molecular complexity index is 402. The molecule has 0 saturated heterocycles. The lowest BCUT2D eigenvalue weighted by atomic mass is 10.7. The summed E-state index contributed by atoms with van der Waals surface area (Å²) in [5.41, 5.74) is 0.